The Morgan fingerprint density at radius 2 is 2.14 bits per heavy atom. The second-order valence-electron chi connectivity index (χ2n) is 3.02. The summed E-state index contributed by atoms with van der Waals surface area (Å²) in [5, 5.41) is 0. The molecule has 4 heteroatoms. The SMILES string of the molecule is CCCCSCC1=[C]([Ti+2])CC=C1.[Cl-].[Cl-]. The van der Waals surface area contributed by atoms with Crippen molar-refractivity contribution in [1.29, 1.82) is 0 Å². The monoisotopic (exact) mass is 285 g/mol. The van der Waals surface area contributed by atoms with Crippen molar-refractivity contribution >= 4 is 11.8 Å². The molecule has 1 rings (SSSR count). The molecule has 0 saturated heterocycles. The van der Waals surface area contributed by atoms with Crippen LogP contribution in [0, 0.1) is 0 Å². The van der Waals surface area contributed by atoms with E-state index in [-0.39, 0.29) is 24.8 Å². The predicted octanol–water partition coefficient (Wildman–Crippen LogP) is -2.71. The van der Waals surface area contributed by atoms with E-state index in [9.17, 15) is 0 Å². The second kappa shape index (κ2) is 10.6. The third-order valence-electron chi connectivity index (χ3n) is 1.93. The summed E-state index contributed by atoms with van der Waals surface area (Å²) in [5.74, 6) is 2.55. The minimum atomic E-state index is 0. The Morgan fingerprint density at radius 3 is 2.64 bits per heavy atom. The van der Waals surface area contributed by atoms with Gasteiger partial charge >= 0.3 is 91.5 Å². The summed E-state index contributed by atoms with van der Waals surface area (Å²) in [5.41, 5.74) is 1.57. The van der Waals surface area contributed by atoms with E-state index in [2.05, 4.69) is 51.3 Å². The van der Waals surface area contributed by atoms with Crippen LogP contribution in [-0.2, 0) is 20.4 Å². The first kappa shape index (κ1) is 17.5. The van der Waals surface area contributed by atoms with Crippen molar-refractivity contribution in [2.75, 3.05) is 11.5 Å². The van der Waals surface area contributed by atoms with Gasteiger partial charge in [0.1, 0.15) is 0 Å². The van der Waals surface area contributed by atoms with Crippen LogP contribution in [0.2, 0.25) is 0 Å². The van der Waals surface area contributed by atoms with Gasteiger partial charge in [-0.15, -0.1) is 0 Å². The standard InChI is InChI=1S/C10H15S.2ClH.Ti/c1-2-3-8-11-9-10-6-4-5-7-10;;;/h4,6H,2-3,5,8-9H2,1H3;2*1H;/q;;;+2/p-2. The van der Waals surface area contributed by atoms with Crippen molar-refractivity contribution in [1.82, 2.24) is 0 Å². The Hall–Kier alpha value is 1.12. The number of thioether (sulfide) groups is 1. The maximum atomic E-state index is 2.29. The zero-order valence-electron chi connectivity index (χ0n) is 8.35. The number of halogens is 2. The summed E-state index contributed by atoms with van der Waals surface area (Å²) in [4.78, 5) is 0. The van der Waals surface area contributed by atoms with Gasteiger partial charge in [0.15, 0.2) is 0 Å². The summed E-state index contributed by atoms with van der Waals surface area (Å²) in [7, 11) is 0. The van der Waals surface area contributed by atoms with Crippen LogP contribution in [-0.4, -0.2) is 11.5 Å². The van der Waals surface area contributed by atoms with E-state index in [1.807, 2.05) is 0 Å². The molecule has 0 aromatic carbocycles. The number of hydrogen-bond donors (Lipinski definition) is 0. The second-order valence-corrected chi connectivity index (χ2v) is 5.06. The first-order chi connectivity index (χ1) is 5.84. The molecular weight excluding hydrogens is 271 g/mol. The number of rotatable bonds is 5. The Morgan fingerprint density at radius 1 is 1.43 bits per heavy atom. The van der Waals surface area contributed by atoms with Gasteiger partial charge in [-0.2, -0.15) is 0 Å². The smallest absolute Gasteiger partial charge is 1.00 e. The molecule has 0 heterocycles. The normalized spacial score (nSPS) is 13.9. The van der Waals surface area contributed by atoms with Crippen molar-refractivity contribution in [3.63, 3.8) is 0 Å². The maximum absolute atomic E-state index is 2.29. The molecule has 0 aliphatic heterocycles. The van der Waals surface area contributed by atoms with E-state index < -0.39 is 0 Å². The zero-order valence-corrected chi connectivity index (χ0v) is 12.2. The molecule has 0 aromatic rings. The Labute approximate surface area is 116 Å². The van der Waals surface area contributed by atoms with Crippen LogP contribution in [0.3, 0.4) is 0 Å². The van der Waals surface area contributed by atoms with Gasteiger partial charge in [0.2, 0.25) is 0 Å². The Balaban J connectivity index is 0. The van der Waals surface area contributed by atoms with Gasteiger partial charge in [-0.05, 0) is 0 Å². The van der Waals surface area contributed by atoms with Gasteiger partial charge in [-0.1, -0.05) is 0 Å². The quantitative estimate of drug-likeness (QED) is 0.391. The van der Waals surface area contributed by atoms with Crippen LogP contribution < -0.4 is 24.8 Å². The van der Waals surface area contributed by atoms with E-state index in [0.29, 0.717) is 0 Å². The molecule has 0 nitrogen and oxygen atoms in total. The summed E-state index contributed by atoms with van der Waals surface area (Å²) < 4.78 is 1.57. The molecule has 0 N–H and O–H groups in total. The van der Waals surface area contributed by atoms with E-state index in [1.165, 1.54) is 30.8 Å². The minimum absolute atomic E-state index is 0. The van der Waals surface area contributed by atoms with Crippen molar-refractivity contribution in [2.45, 2.75) is 26.2 Å². The summed E-state index contributed by atoms with van der Waals surface area (Å²) in [6, 6.07) is 0. The fraction of sp³-hybridized carbons (Fsp3) is 0.600. The van der Waals surface area contributed by atoms with Crippen molar-refractivity contribution < 1.29 is 45.2 Å². The molecule has 0 aromatic heterocycles. The van der Waals surface area contributed by atoms with Gasteiger partial charge in [-0.3, -0.25) is 0 Å². The Bertz CT molecular complexity index is 202. The zero-order chi connectivity index (χ0) is 8.81. The molecule has 0 fully saturated rings. The molecule has 1 aliphatic carbocycles. The molecule has 79 valence electrons. The van der Waals surface area contributed by atoms with Crippen LogP contribution in [0.15, 0.2) is 21.6 Å². The van der Waals surface area contributed by atoms with Gasteiger partial charge in [0.25, 0.3) is 0 Å². The first-order valence-corrected chi connectivity index (χ1v) is 6.46. The third kappa shape index (κ3) is 6.58. The van der Waals surface area contributed by atoms with Crippen molar-refractivity contribution in [3.05, 3.63) is 21.6 Å². The van der Waals surface area contributed by atoms with Gasteiger partial charge in [-0.25, -0.2) is 0 Å². The average molecular weight is 286 g/mol. The molecule has 0 radical (unpaired) electrons. The predicted molar refractivity (Wildman–Crippen MR) is 53.0 cm³/mol. The van der Waals surface area contributed by atoms with Crippen LogP contribution in [0.1, 0.15) is 26.2 Å². The Kier molecular flexibility index (Phi) is 13.3. The van der Waals surface area contributed by atoms with Crippen LogP contribution >= 0.6 is 11.8 Å². The van der Waals surface area contributed by atoms with Crippen LogP contribution in [0.4, 0.5) is 0 Å². The maximum Gasteiger partial charge on any atom is -1.00 e. The van der Waals surface area contributed by atoms with Crippen LogP contribution in [0.5, 0.6) is 0 Å². The molecule has 0 atom stereocenters. The molecule has 14 heavy (non-hydrogen) atoms. The largest absolute Gasteiger partial charge is 1.00 e. The van der Waals surface area contributed by atoms with E-state index in [1.54, 1.807) is 9.45 Å². The average Bonchev–Trinajstić information content (AvgIpc) is 2.46. The molecule has 0 spiro atoms. The van der Waals surface area contributed by atoms with E-state index in [4.69, 9.17) is 0 Å². The number of hydrogen-bond acceptors (Lipinski definition) is 1. The fourth-order valence-electron chi connectivity index (χ4n) is 1.11. The first-order valence-electron chi connectivity index (χ1n) is 4.52. The topological polar surface area (TPSA) is 0 Å². The molecule has 1 aliphatic rings. The van der Waals surface area contributed by atoms with Crippen molar-refractivity contribution in [3.8, 4) is 0 Å². The molecular formula is C10H15Cl2STi. The summed E-state index contributed by atoms with van der Waals surface area (Å²) in [6.45, 7) is 2.25. The van der Waals surface area contributed by atoms with Crippen molar-refractivity contribution in [2.24, 2.45) is 0 Å². The van der Waals surface area contributed by atoms with E-state index >= 15 is 0 Å². The minimum Gasteiger partial charge on any atom is -1.00 e. The molecule has 0 saturated carbocycles. The number of unbranched alkanes of at least 4 members (excludes halogenated alkanes) is 1. The van der Waals surface area contributed by atoms with Gasteiger partial charge in [0.05, 0.1) is 0 Å². The number of allylic oxidation sites excluding steroid dienone is 3. The van der Waals surface area contributed by atoms with Crippen LogP contribution in [0.25, 0.3) is 0 Å². The third-order valence-corrected chi connectivity index (χ3v) is 3.84. The molecule has 0 bridgehead atoms. The fourth-order valence-corrected chi connectivity index (χ4v) is 2.89. The molecule has 0 unspecified atom stereocenters. The summed E-state index contributed by atoms with van der Waals surface area (Å²) in [6.07, 6.45) is 8.42. The van der Waals surface area contributed by atoms with Gasteiger partial charge in [0, 0.05) is 0 Å². The molecule has 0 amide bonds. The summed E-state index contributed by atoms with van der Waals surface area (Å²) >= 11 is 4.32. The van der Waals surface area contributed by atoms with E-state index in [0.717, 1.165) is 0 Å². The van der Waals surface area contributed by atoms with Gasteiger partial charge < -0.3 is 24.8 Å².